The summed E-state index contributed by atoms with van der Waals surface area (Å²) >= 11 is 3.18. The van der Waals surface area contributed by atoms with Crippen molar-refractivity contribution in [2.75, 3.05) is 19.6 Å². The van der Waals surface area contributed by atoms with E-state index in [0.717, 1.165) is 0 Å². The van der Waals surface area contributed by atoms with E-state index in [4.69, 9.17) is 0 Å². The van der Waals surface area contributed by atoms with Crippen molar-refractivity contribution < 1.29 is 18.0 Å². The molecule has 3 heterocycles. The fraction of sp³-hybridized carbons (Fsp3) is 0.571. The molecule has 2 unspecified atom stereocenters. The third-order valence-corrected chi connectivity index (χ3v) is 4.84. The molecule has 1 spiro atoms. The monoisotopic (exact) mass is 377 g/mol. The zero-order chi connectivity index (χ0) is 16.0. The summed E-state index contributed by atoms with van der Waals surface area (Å²) in [5, 5.41) is 2.73. The number of carbonyl (C=O) groups is 1. The highest BCUT2D eigenvalue weighted by molar-refractivity contribution is 9.10. The molecule has 2 saturated heterocycles. The van der Waals surface area contributed by atoms with Crippen LogP contribution in [0.15, 0.2) is 22.8 Å². The molecule has 0 saturated carbocycles. The molecule has 2 atom stereocenters. The smallest absolute Gasteiger partial charge is 0.355 e. The second kappa shape index (κ2) is 5.49. The van der Waals surface area contributed by atoms with Gasteiger partial charge < -0.3 is 5.32 Å². The number of nitrogens with zero attached hydrogens (tertiary/aromatic N) is 2. The molecule has 3 rings (SSSR count). The van der Waals surface area contributed by atoms with Gasteiger partial charge in [-0.05, 0) is 41.0 Å². The Morgan fingerprint density at radius 2 is 2.18 bits per heavy atom. The van der Waals surface area contributed by atoms with Crippen molar-refractivity contribution in [3.05, 3.63) is 28.5 Å². The molecule has 120 valence electrons. The molecule has 1 amide bonds. The number of likely N-dealkylation sites (tertiary alicyclic amines) is 1. The topological polar surface area (TPSA) is 45.2 Å². The SMILES string of the molecule is O=C1CC2(CCN(C(c3ccc(Br)cn3)C(F)(F)F)C2)CN1. The van der Waals surface area contributed by atoms with Crippen molar-refractivity contribution in [2.45, 2.75) is 25.1 Å². The van der Waals surface area contributed by atoms with Gasteiger partial charge in [0.15, 0.2) is 0 Å². The van der Waals surface area contributed by atoms with Crippen LogP contribution in [0.25, 0.3) is 0 Å². The van der Waals surface area contributed by atoms with Gasteiger partial charge >= 0.3 is 6.18 Å². The molecule has 1 N–H and O–H groups in total. The van der Waals surface area contributed by atoms with Crippen LogP contribution in [0.3, 0.4) is 0 Å². The normalized spacial score (nSPS) is 27.4. The molecule has 0 aliphatic carbocycles. The minimum atomic E-state index is -4.40. The van der Waals surface area contributed by atoms with Gasteiger partial charge in [0, 0.05) is 35.6 Å². The molecule has 0 aromatic carbocycles. The molecule has 2 aliphatic rings. The maximum Gasteiger partial charge on any atom is 0.409 e. The molecule has 2 aliphatic heterocycles. The van der Waals surface area contributed by atoms with Crippen molar-refractivity contribution in [1.82, 2.24) is 15.2 Å². The number of hydrogen-bond acceptors (Lipinski definition) is 3. The van der Waals surface area contributed by atoms with Gasteiger partial charge in [0.1, 0.15) is 6.04 Å². The summed E-state index contributed by atoms with van der Waals surface area (Å²) in [6, 6.07) is 1.23. The van der Waals surface area contributed by atoms with Crippen LogP contribution in [0.2, 0.25) is 0 Å². The van der Waals surface area contributed by atoms with E-state index in [9.17, 15) is 18.0 Å². The predicted molar refractivity (Wildman–Crippen MR) is 77.0 cm³/mol. The summed E-state index contributed by atoms with van der Waals surface area (Å²) in [4.78, 5) is 16.7. The fourth-order valence-corrected chi connectivity index (χ4v) is 3.58. The summed E-state index contributed by atoms with van der Waals surface area (Å²) < 4.78 is 41.2. The Morgan fingerprint density at radius 1 is 1.41 bits per heavy atom. The summed E-state index contributed by atoms with van der Waals surface area (Å²) in [6.07, 6.45) is -2.13. The number of alkyl halides is 3. The second-order valence-corrected chi connectivity index (χ2v) is 6.94. The van der Waals surface area contributed by atoms with Gasteiger partial charge in [-0.1, -0.05) is 0 Å². The second-order valence-electron chi connectivity index (χ2n) is 6.02. The largest absolute Gasteiger partial charge is 0.409 e. The third-order valence-electron chi connectivity index (χ3n) is 4.37. The Morgan fingerprint density at radius 3 is 2.73 bits per heavy atom. The minimum Gasteiger partial charge on any atom is -0.355 e. The molecule has 22 heavy (non-hydrogen) atoms. The molecular formula is C14H15BrF3N3O. The molecule has 0 radical (unpaired) electrons. The van der Waals surface area contributed by atoms with E-state index in [0.29, 0.717) is 30.4 Å². The summed E-state index contributed by atoms with van der Waals surface area (Å²) in [5.41, 5.74) is -0.374. The van der Waals surface area contributed by atoms with E-state index in [1.807, 2.05) is 0 Å². The number of pyridine rings is 1. The molecule has 1 aromatic heterocycles. The third kappa shape index (κ3) is 2.99. The van der Waals surface area contributed by atoms with Crippen molar-refractivity contribution in [2.24, 2.45) is 5.41 Å². The average molecular weight is 378 g/mol. The molecule has 4 nitrogen and oxygen atoms in total. The zero-order valence-electron chi connectivity index (χ0n) is 11.7. The van der Waals surface area contributed by atoms with Crippen molar-refractivity contribution >= 4 is 21.8 Å². The van der Waals surface area contributed by atoms with Gasteiger partial charge in [0.05, 0.1) is 5.69 Å². The first kappa shape index (κ1) is 15.7. The lowest BCUT2D eigenvalue weighted by atomic mass is 9.86. The van der Waals surface area contributed by atoms with Gasteiger partial charge in [-0.25, -0.2) is 0 Å². The lowest BCUT2D eigenvalue weighted by molar-refractivity contribution is -0.185. The van der Waals surface area contributed by atoms with Crippen LogP contribution in [0.5, 0.6) is 0 Å². The van der Waals surface area contributed by atoms with E-state index in [1.54, 1.807) is 6.07 Å². The number of rotatable bonds is 2. The number of nitrogens with one attached hydrogen (secondary N) is 1. The van der Waals surface area contributed by atoms with Crippen LogP contribution >= 0.6 is 15.9 Å². The van der Waals surface area contributed by atoms with E-state index in [-0.39, 0.29) is 23.6 Å². The maximum atomic E-state index is 13.5. The lowest BCUT2D eigenvalue weighted by Gasteiger charge is -2.30. The highest BCUT2D eigenvalue weighted by atomic mass is 79.9. The summed E-state index contributed by atoms with van der Waals surface area (Å²) in [6.45, 7) is 1.03. The minimum absolute atomic E-state index is 0.00923. The Hall–Kier alpha value is -1.15. The number of amides is 1. The average Bonchev–Trinajstić information content (AvgIpc) is 2.98. The number of halogens is 4. The first-order valence-corrected chi connectivity index (χ1v) is 7.77. The van der Waals surface area contributed by atoms with E-state index < -0.39 is 12.2 Å². The first-order chi connectivity index (χ1) is 10.3. The van der Waals surface area contributed by atoms with Gasteiger partial charge in [0.25, 0.3) is 0 Å². The first-order valence-electron chi connectivity index (χ1n) is 6.98. The molecule has 1 aromatic rings. The van der Waals surface area contributed by atoms with Crippen LogP contribution in [0.4, 0.5) is 13.2 Å². The number of aromatic nitrogens is 1. The number of hydrogen-bond donors (Lipinski definition) is 1. The summed E-state index contributed by atoms with van der Waals surface area (Å²) in [7, 11) is 0. The van der Waals surface area contributed by atoms with Gasteiger partial charge in [-0.2, -0.15) is 13.2 Å². The summed E-state index contributed by atoms with van der Waals surface area (Å²) in [5.74, 6) is -0.0767. The quantitative estimate of drug-likeness (QED) is 0.861. The Labute approximate surface area is 134 Å². The van der Waals surface area contributed by atoms with Crippen LogP contribution in [0, 0.1) is 5.41 Å². The van der Waals surface area contributed by atoms with E-state index >= 15 is 0 Å². The van der Waals surface area contributed by atoms with Gasteiger partial charge in [-0.15, -0.1) is 0 Å². The predicted octanol–water partition coefficient (Wildman–Crippen LogP) is 2.66. The number of carbonyl (C=O) groups excluding carboxylic acids is 1. The van der Waals surface area contributed by atoms with Crippen LogP contribution in [-0.2, 0) is 4.79 Å². The van der Waals surface area contributed by atoms with Crippen LogP contribution < -0.4 is 5.32 Å². The molecular weight excluding hydrogens is 363 g/mol. The van der Waals surface area contributed by atoms with Gasteiger partial charge in [0.2, 0.25) is 5.91 Å². The lowest BCUT2D eigenvalue weighted by Crippen LogP contribution is -2.39. The Kier molecular flexibility index (Phi) is 3.92. The fourth-order valence-electron chi connectivity index (χ4n) is 3.34. The molecule has 2 fully saturated rings. The van der Waals surface area contributed by atoms with Crippen molar-refractivity contribution in [3.8, 4) is 0 Å². The highest BCUT2D eigenvalue weighted by Crippen LogP contribution is 2.45. The van der Waals surface area contributed by atoms with Crippen LogP contribution in [0.1, 0.15) is 24.6 Å². The van der Waals surface area contributed by atoms with Crippen molar-refractivity contribution in [1.29, 1.82) is 0 Å². The van der Waals surface area contributed by atoms with E-state index in [1.165, 1.54) is 17.2 Å². The molecule has 0 bridgehead atoms. The van der Waals surface area contributed by atoms with Gasteiger partial charge in [-0.3, -0.25) is 14.7 Å². The van der Waals surface area contributed by atoms with Crippen LogP contribution in [-0.4, -0.2) is 41.6 Å². The molecule has 8 heteroatoms. The Bertz CT molecular complexity index is 578. The standard InChI is InChI=1S/C14H15BrF3N3O/c15-9-1-2-10(19-6-9)12(14(16,17)18)21-4-3-13(8-21)5-11(22)20-7-13/h1-2,6,12H,3-5,7-8H2,(H,20,22). The van der Waals surface area contributed by atoms with E-state index in [2.05, 4.69) is 26.2 Å². The zero-order valence-corrected chi connectivity index (χ0v) is 13.2. The van der Waals surface area contributed by atoms with Crippen molar-refractivity contribution in [3.63, 3.8) is 0 Å². The Balaban J connectivity index is 1.85. The highest BCUT2D eigenvalue weighted by Gasteiger charge is 2.52. The maximum absolute atomic E-state index is 13.5.